The van der Waals surface area contributed by atoms with E-state index in [1.165, 1.54) is 0 Å². The number of rotatable bonds is 4. The molecule has 1 aromatic heterocycles. The Labute approximate surface area is 89.6 Å². The van der Waals surface area contributed by atoms with Gasteiger partial charge in [-0.1, -0.05) is 13.8 Å². The zero-order chi connectivity index (χ0) is 11.4. The van der Waals surface area contributed by atoms with Gasteiger partial charge in [-0.25, -0.2) is 0 Å². The standard InChI is InChI=1S/C10H18N4O/c1-7(2)8(11)6-12-10(15)9-4-5-14(3)13-9/h4-5,7-8H,6,11H2,1-3H3,(H,12,15). The van der Waals surface area contributed by atoms with E-state index < -0.39 is 0 Å². The van der Waals surface area contributed by atoms with Crippen LogP contribution < -0.4 is 11.1 Å². The molecule has 1 aromatic rings. The first-order valence-corrected chi connectivity index (χ1v) is 5.04. The molecule has 1 unspecified atom stereocenters. The lowest BCUT2D eigenvalue weighted by molar-refractivity contribution is 0.0943. The largest absolute Gasteiger partial charge is 0.349 e. The molecule has 0 radical (unpaired) electrons. The molecule has 84 valence electrons. The number of nitrogens with zero attached hydrogens (tertiary/aromatic N) is 2. The number of amides is 1. The Bertz CT molecular complexity index is 332. The van der Waals surface area contributed by atoms with Crippen LogP contribution in [-0.4, -0.2) is 28.3 Å². The zero-order valence-electron chi connectivity index (χ0n) is 9.40. The fourth-order valence-electron chi connectivity index (χ4n) is 1.07. The van der Waals surface area contributed by atoms with Crippen molar-refractivity contribution in [3.05, 3.63) is 18.0 Å². The number of nitrogens with two attached hydrogens (primary N) is 1. The summed E-state index contributed by atoms with van der Waals surface area (Å²) in [6, 6.07) is 1.66. The van der Waals surface area contributed by atoms with Crippen molar-refractivity contribution in [3.8, 4) is 0 Å². The minimum Gasteiger partial charge on any atom is -0.349 e. The van der Waals surface area contributed by atoms with E-state index in [0.29, 0.717) is 18.2 Å². The summed E-state index contributed by atoms with van der Waals surface area (Å²) in [7, 11) is 1.77. The van der Waals surface area contributed by atoms with Crippen LogP contribution in [0.3, 0.4) is 0 Å². The van der Waals surface area contributed by atoms with Gasteiger partial charge in [-0.05, 0) is 12.0 Å². The third-order valence-corrected chi connectivity index (χ3v) is 2.30. The Morgan fingerprint density at radius 1 is 1.67 bits per heavy atom. The number of aromatic nitrogens is 2. The number of nitrogens with one attached hydrogen (secondary N) is 1. The average molecular weight is 210 g/mol. The third kappa shape index (κ3) is 3.36. The molecule has 0 saturated carbocycles. The highest BCUT2D eigenvalue weighted by molar-refractivity contribution is 5.92. The molecule has 15 heavy (non-hydrogen) atoms. The highest BCUT2D eigenvalue weighted by atomic mass is 16.1. The van der Waals surface area contributed by atoms with E-state index in [2.05, 4.69) is 10.4 Å². The Kier molecular flexibility index (Phi) is 3.85. The monoisotopic (exact) mass is 210 g/mol. The molecule has 0 saturated heterocycles. The number of hydrogen-bond acceptors (Lipinski definition) is 3. The first-order valence-electron chi connectivity index (χ1n) is 5.04. The highest BCUT2D eigenvalue weighted by Crippen LogP contribution is 1.98. The van der Waals surface area contributed by atoms with E-state index in [9.17, 15) is 4.79 Å². The van der Waals surface area contributed by atoms with E-state index >= 15 is 0 Å². The molecular formula is C10H18N4O. The average Bonchev–Trinajstić information content (AvgIpc) is 2.60. The molecule has 1 amide bonds. The SMILES string of the molecule is CC(C)C(N)CNC(=O)c1ccn(C)n1. The van der Waals surface area contributed by atoms with Crippen molar-refractivity contribution in [1.29, 1.82) is 0 Å². The molecule has 0 spiro atoms. The van der Waals surface area contributed by atoms with Gasteiger partial charge in [0.05, 0.1) is 0 Å². The summed E-state index contributed by atoms with van der Waals surface area (Å²) < 4.78 is 1.59. The lowest BCUT2D eigenvalue weighted by Crippen LogP contribution is -2.40. The van der Waals surface area contributed by atoms with E-state index in [-0.39, 0.29) is 11.9 Å². The normalized spacial score (nSPS) is 12.9. The van der Waals surface area contributed by atoms with Crippen molar-refractivity contribution in [3.63, 3.8) is 0 Å². The fraction of sp³-hybridized carbons (Fsp3) is 0.600. The van der Waals surface area contributed by atoms with E-state index in [1.807, 2.05) is 13.8 Å². The van der Waals surface area contributed by atoms with Crippen LogP contribution in [0.25, 0.3) is 0 Å². The van der Waals surface area contributed by atoms with E-state index in [0.717, 1.165) is 0 Å². The van der Waals surface area contributed by atoms with Gasteiger partial charge in [0.1, 0.15) is 5.69 Å². The summed E-state index contributed by atoms with van der Waals surface area (Å²) in [5, 5.41) is 6.75. The minimum atomic E-state index is -0.174. The van der Waals surface area contributed by atoms with Gasteiger partial charge < -0.3 is 11.1 Å². The summed E-state index contributed by atoms with van der Waals surface area (Å²) in [5.74, 6) is 0.181. The lowest BCUT2D eigenvalue weighted by Gasteiger charge is -2.15. The van der Waals surface area contributed by atoms with Crippen LogP contribution in [-0.2, 0) is 7.05 Å². The van der Waals surface area contributed by atoms with Crippen molar-refractivity contribution in [2.24, 2.45) is 18.7 Å². The van der Waals surface area contributed by atoms with Gasteiger partial charge in [-0.3, -0.25) is 9.48 Å². The van der Waals surface area contributed by atoms with Crippen LogP contribution in [0.2, 0.25) is 0 Å². The Balaban J connectivity index is 2.43. The molecule has 0 aromatic carbocycles. The van der Waals surface area contributed by atoms with Crippen molar-refractivity contribution in [1.82, 2.24) is 15.1 Å². The Morgan fingerprint density at radius 3 is 2.80 bits per heavy atom. The topological polar surface area (TPSA) is 72.9 Å². The minimum absolute atomic E-state index is 0.0161. The predicted octanol–water partition coefficient (Wildman–Crippen LogP) is 0.133. The quantitative estimate of drug-likeness (QED) is 0.742. The molecule has 0 bridgehead atoms. The van der Waals surface area contributed by atoms with Crippen LogP contribution in [0.5, 0.6) is 0 Å². The summed E-state index contributed by atoms with van der Waals surface area (Å²) in [6.45, 7) is 4.53. The van der Waals surface area contributed by atoms with Crippen molar-refractivity contribution in [2.75, 3.05) is 6.54 Å². The Morgan fingerprint density at radius 2 is 2.33 bits per heavy atom. The van der Waals surface area contributed by atoms with Crippen LogP contribution in [0, 0.1) is 5.92 Å². The summed E-state index contributed by atoms with van der Waals surface area (Å²) in [5.41, 5.74) is 6.23. The molecule has 5 nitrogen and oxygen atoms in total. The molecule has 1 atom stereocenters. The molecule has 0 aliphatic carbocycles. The number of carbonyl (C=O) groups is 1. The highest BCUT2D eigenvalue weighted by Gasteiger charge is 2.12. The number of carbonyl (C=O) groups excluding carboxylic acids is 1. The van der Waals surface area contributed by atoms with Crippen LogP contribution in [0.4, 0.5) is 0 Å². The van der Waals surface area contributed by atoms with Gasteiger partial charge in [-0.15, -0.1) is 0 Å². The van der Waals surface area contributed by atoms with Crippen molar-refractivity contribution in [2.45, 2.75) is 19.9 Å². The summed E-state index contributed by atoms with van der Waals surface area (Å²) >= 11 is 0. The molecule has 1 heterocycles. The van der Waals surface area contributed by atoms with Crippen molar-refractivity contribution < 1.29 is 4.79 Å². The van der Waals surface area contributed by atoms with Gasteiger partial charge >= 0.3 is 0 Å². The van der Waals surface area contributed by atoms with Crippen LogP contribution in [0.1, 0.15) is 24.3 Å². The van der Waals surface area contributed by atoms with E-state index in [4.69, 9.17) is 5.73 Å². The second-order valence-corrected chi connectivity index (χ2v) is 3.99. The smallest absolute Gasteiger partial charge is 0.271 e. The van der Waals surface area contributed by atoms with E-state index in [1.54, 1.807) is 24.0 Å². The maximum absolute atomic E-state index is 11.5. The van der Waals surface area contributed by atoms with Crippen LogP contribution >= 0.6 is 0 Å². The van der Waals surface area contributed by atoms with Gasteiger partial charge in [0.2, 0.25) is 0 Å². The van der Waals surface area contributed by atoms with Gasteiger partial charge in [0.15, 0.2) is 0 Å². The molecular weight excluding hydrogens is 192 g/mol. The van der Waals surface area contributed by atoms with Gasteiger partial charge in [-0.2, -0.15) is 5.10 Å². The summed E-state index contributed by atoms with van der Waals surface area (Å²) in [4.78, 5) is 11.5. The fourth-order valence-corrected chi connectivity index (χ4v) is 1.07. The predicted molar refractivity (Wildman–Crippen MR) is 58.4 cm³/mol. The first-order chi connectivity index (χ1) is 7.00. The number of hydrogen-bond donors (Lipinski definition) is 2. The second-order valence-electron chi connectivity index (χ2n) is 3.99. The molecule has 0 fully saturated rings. The van der Waals surface area contributed by atoms with Gasteiger partial charge in [0, 0.05) is 25.8 Å². The summed E-state index contributed by atoms with van der Waals surface area (Å²) in [6.07, 6.45) is 1.73. The molecule has 3 N–H and O–H groups in total. The maximum atomic E-state index is 11.5. The Hall–Kier alpha value is -1.36. The molecule has 5 heteroatoms. The first kappa shape index (κ1) is 11.7. The van der Waals surface area contributed by atoms with Crippen LogP contribution in [0.15, 0.2) is 12.3 Å². The van der Waals surface area contributed by atoms with Gasteiger partial charge in [0.25, 0.3) is 5.91 Å². The number of aryl methyl sites for hydroxylation is 1. The molecule has 0 aliphatic rings. The third-order valence-electron chi connectivity index (χ3n) is 2.30. The molecule has 0 aliphatic heterocycles. The molecule has 1 rings (SSSR count). The van der Waals surface area contributed by atoms with Crippen molar-refractivity contribution >= 4 is 5.91 Å². The second kappa shape index (κ2) is 4.93. The zero-order valence-corrected chi connectivity index (χ0v) is 9.40. The maximum Gasteiger partial charge on any atom is 0.271 e. The lowest BCUT2D eigenvalue weighted by atomic mass is 10.1.